The van der Waals surface area contributed by atoms with Crippen LogP contribution in [0, 0.1) is 5.92 Å². The number of aliphatic carboxylic acids is 2. The zero-order valence-electron chi connectivity index (χ0n) is 12.5. The monoisotopic (exact) mass is 305 g/mol. The van der Waals surface area contributed by atoms with Crippen molar-refractivity contribution in [3.8, 4) is 0 Å². The van der Waals surface area contributed by atoms with Gasteiger partial charge in [-0.15, -0.1) is 12.4 Å². The molecule has 0 aliphatic carbocycles. The van der Waals surface area contributed by atoms with Crippen LogP contribution in [0.25, 0.3) is 0 Å². The number of carbonyl (C=O) groups excluding carboxylic acids is 1. The molecular weight excluding hydrogens is 282 g/mol. The number of allylic oxidation sites excluding steroid dienone is 1. The van der Waals surface area contributed by atoms with Crippen LogP contribution in [-0.2, 0) is 9.59 Å². The van der Waals surface area contributed by atoms with Gasteiger partial charge in [0.1, 0.15) is 0 Å². The highest BCUT2D eigenvalue weighted by Gasteiger charge is 2.20. The van der Waals surface area contributed by atoms with E-state index < -0.39 is 17.9 Å². The molecule has 0 aliphatic rings. The molecule has 0 bridgehead atoms. The quantitative estimate of drug-likeness (QED) is 0.533. The van der Waals surface area contributed by atoms with Gasteiger partial charge in [-0.3, -0.25) is 0 Å². The molecule has 0 aromatic carbocycles. The average Bonchev–Trinajstić information content (AvgIpc) is 2.26. The second-order valence-corrected chi connectivity index (χ2v) is 5.57. The minimum atomic E-state index is -1.25. The molecule has 5 nitrogen and oxygen atoms in total. The normalized spacial score (nSPS) is 13.3. The fraction of sp³-hybridized carbons (Fsp3) is 0.571. The predicted molar refractivity (Wildman–Crippen MR) is 78.4 cm³/mol. The number of quaternary nitrogens is 1. The van der Waals surface area contributed by atoms with E-state index in [4.69, 9.17) is 5.11 Å². The van der Waals surface area contributed by atoms with Gasteiger partial charge in [0, 0.05) is 17.9 Å². The summed E-state index contributed by atoms with van der Waals surface area (Å²) in [5, 5.41) is 19.9. The number of carboxylic acid groups (broad SMARTS) is 2. The van der Waals surface area contributed by atoms with Crippen LogP contribution in [0.2, 0.25) is 0 Å². The molecule has 0 radical (unpaired) electrons. The Kier molecular flexibility index (Phi) is 9.19. The van der Waals surface area contributed by atoms with E-state index in [1.165, 1.54) is 6.08 Å². The van der Waals surface area contributed by atoms with Gasteiger partial charge in [0.15, 0.2) is 0 Å². The Morgan fingerprint density at radius 3 is 2.15 bits per heavy atom. The van der Waals surface area contributed by atoms with E-state index in [2.05, 4.69) is 6.58 Å². The largest absolute Gasteiger partial charge is 0.545 e. The molecule has 20 heavy (non-hydrogen) atoms. The van der Waals surface area contributed by atoms with Crippen LogP contribution in [0.5, 0.6) is 0 Å². The lowest BCUT2D eigenvalue weighted by atomic mass is 9.93. The maximum Gasteiger partial charge on any atom is 0.331 e. The topological polar surface area (TPSA) is 77.4 Å². The van der Waals surface area contributed by atoms with Crippen molar-refractivity contribution in [3.05, 3.63) is 23.8 Å². The third-order valence-corrected chi connectivity index (χ3v) is 2.88. The lowest BCUT2D eigenvalue weighted by Crippen LogP contribution is -2.36. The van der Waals surface area contributed by atoms with Gasteiger partial charge >= 0.3 is 5.97 Å². The Labute approximate surface area is 126 Å². The summed E-state index contributed by atoms with van der Waals surface area (Å²) in [5.74, 6) is -2.84. The number of nitrogens with zero attached hydrogens (tertiary/aromatic N) is 1. The summed E-state index contributed by atoms with van der Waals surface area (Å²) in [6.45, 7) is 5.95. The standard InChI is InChI=1S/C14H23NO4.ClH/c1-6-11(14(18)19)9-12(10(2)13(16)17)7-8-15(3,4)5;/h9,12H,2,6-8H2,1,3-5H3,(H-,16,17,18,19);1H. The zero-order valence-corrected chi connectivity index (χ0v) is 13.3. The van der Waals surface area contributed by atoms with Crippen molar-refractivity contribution >= 4 is 24.3 Å². The molecule has 6 heteroatoms. The van der Waals surface area contributed by atoms with E-state index in [1.807, 2.05) is 21.1 Å². The third kappa shape index (κ3) is 7.96. The molecule has 0 fully saturated rings. The maximum atomic E-state index is 11.0. The predicted octanol–water partition coefficient (Wildman–Crippen LogP) is 0.848. The summed E-state index contributed by atoms with van der Waals surface area (Å²) in [6.07, 6.45) is 2.29. The van der Waals surface area contributed by atoms with E-state index in [0.717, 1.165) is 6.54 Å². The van der Waals surface area contributed by atoms with E-state index in [-0.39, 0.29) is 23.6 Å². The van der Waals surface area contributed by atoms with Crippen molar-refractivity contribution in [3.63, 3.8) is 0 Å². The van der Waals surface area contributed by atoms with Crippen LogP contribution in [0.15, 0.2) is 23.8 Å². The first-order valence-corrected chi connectivity index (χ1v) is 6.23. The second-order valence-electron chi connectivity index (χ2n) is 5.57. The van der Waals surface area contributed by atoms with Crippen molar-refractivity contribution in [2.45, 2.75) is 19.8 Å². The van der Waals surface area contributed by atoms with Gasteiger partial charge in [-0.1, -0.05) is 19.6 Å². The number of hydrogen-bond acceptors (Lipinski definition) is 3. The fourth-order valence-electron chi connectivity index (χ4n) is 1.62. The van der Waals surface area contributed by atoms with Crippen LogP contribution in [0.1, 0.15) is 19.8 Å². The van der Waals surface area contributed by atoms with Crippen LogP contribution >= 0.6 is 12.4 Å². The minimum Gasteiger partial charge on any atom is -0.545 e. The van der Waals surface area contributed by atoms with Gasteiger partial charge in [-0.2, -0.15) is 0 Å². The Hall–Kier alpha value is -1.33. The number of rotatable bonds is 8. The van der Waals surface area contributed by atoms with Crippen molar-refractivity contribution < 1.29 is 24.3 Å². The molecule has 0 rings (SSSR count). The second kappa shape index (κ2) is 8.76. The molecule has 0 spiro atoms. The zero-order chi connectivity index (χ0) is 15.2. The van der Waals surface area contributed by atoms with Gasteiger partial charge < -0.3 is 19.5 Å². The Bertz CT molecular complexity index is 396. The lowest BCUT2D eigenvalue weighted by molar-refractivity contribution is -0.870. The maximum absolute atomic E-state index is 11.0. The summed E-state index contributed by atoms with van der Waals surface area (Å²) in [6, 6.07) is 0. The molecule has 0 aromatic rings. The molecule has 0 heterocycles. The molecule has 0 amide bonds. The van der Waals surface area contributed by atoms with Crippen molar-refractivity contribution in [1.29, 1.82) is 0 Å². The van der Waals surface area contributed by atoms with E-state index in [0.29, 0.717) is 17.3 Å². The van der Waals surface area contributed by atoms with Gasteiger partial charge in [0.2, 0.25) is 0 Å². The first-order chi connectivity index (χ1) is 8.58. The molecule has 0 saturated carbocycles. The molecule has 1 N–H and O–H groups in total. The van der Waals surface area contributed by atoms with Crippen LogP contribution in [-0.4, -0.2) is 49.2 Å². The van der Waals surface area contributed by atoms with Crippen molar-refractivity contribution in [1.82, 2.24) is 0 Å². The fourth-order valence-corrected chi connectivity index (χ4v) is 1.62. The van der Waals surface area contributed by atoms with Crippen LogP contribution in [0.3, 0.4) is 0 Å². The number of hydrogen-bond donors (Lipinski definition) is 1. The highest BCUT2D eigenvalue weighted by atomic mass is 35.5. The molecule has 0 aliphatic heterocycles. The first-order valence-electron chi connectivity index (χ1n) is 6.23. The molecule has 1 unspecified atom stereocenters. The van der Waals surface area contributed by atoms with Gasteiger partial charge in [-0.05, 0) is 12.0 Å². The summed E-state index contributed by atoms with van der Waals surface area (Å²) < 4.78 is 0.671. The molecular formula is C14H24ClNO4. The van der Waals surface area contributed by atoms with Crippen molar-refractivity contribution in [2.75, 3.05) is 27.7 Å². The average molecular weight is 306 g/mol. The van der Waals surface area contributed by atoms with E-state index in [1.54, 1.807) is 6.92 Å². The summed E-state index contributed by atoms with van der Waals surface area (Å²) in [7, 11) is 5.97. The Balaban J connectivity index is 0. The van der Waals surface area contributed by atoms with Crippen molar-refractivity contribution in [2.24, 2.45) is 5.92 Å². The summed E-state index contributed by atoms with van der Waals surface area (Å²) >= 11 is 0. The van der Waals surface area contributed by atoms with Crippen LogP contribution < -0.4 is 5.11 Å². The minimum absolute atomic E-state index is 0. The molecule has 0 aromatic heterocycles. The molecule has 0 saturated heterocycles. The van der Waals surface area contributed by atoms with E-state index in [9.17, 15) is 14.7 Å². The van der Waals surface area contributed by atoms with Gasteiger partial charge in [0.05, 0.1) is 33.7 Å². The Morgan fingerprint density at radius 1 is 1.35 bits per heavy atom. The molecule has 1 atom stereocenters. The lowest BCUT2D eigenvalue weighted by Gasteiger charge is -2.26. The first kappa shape index (κ1) is 21.0. The number of carboxylic acids is 2. The number of carbonyl (C=O) groups is 2. The van der Waals surface area contributed by atoms with Gasteiger partial charge in [0.25, 0.3) is 0 Å². The third-order valence-electron chi connectivity index (χ3n) is 2.88. The summed E-state index contributed by atoms with van der Waals surface area (Å²) in [4.78, 5) is 21.9. The summed E-state index contributed by atoms with van der Waals surface area (Å²) in [5.41, 5.74) is 0.134. The Morgan fingerprint density at radius 2 is 1.85 bits per heavy atom. The highest BCUT2D eigenvalue weighted by Crippen LogP contribution is 2.20. The smallest absolute Gasteiger partial charge is 0.331 e. The number of halogens is 1. The van der Waals surface area contributed by atoms with Gasteiger partial charge in [-0.25, -0.2) is 4.79 Å². The highest BCUT2D eigenvalue weighted by molar-refractivity contribution is 5.88. The molecule has 116 valence electrons. The SMILES string of the molecule is C=C(C(=O)O)C(C=C(CC)C(=O)[O-])CC[N+](C)(C)C.Cl. The van der Waals surface area contributed by atoms with E-state index >= 15 is 0 Å². The van der Waals surface area contributed by atoms with Crippen LogP contribution in [0.4, 0.5) is 0 Å².